The summed E-state index contributed by atoms with van der Waals surface area (Å²) in [6, 6.07) is 7.06. The van der Waals surface area contributed by atoms with Crippen LogP contribution in [0.2, 0.25) is 0 Å². The molecule has 1 unspecified atom stereocenters. The number of hydrogen-bond donors (Lipinski definition) is 1. The van der Waals surface area contributed by atoms with Gasteiger partial charge in [0.2, 0.25) is 0 Å². The molecule has 0 amide bonds. The Morgan fingerprint density at radius 3 is 2.65 bits per heavy atom. The average Bonchev–Trinajstić information content (AvgIpc) is 2.48. The molecular formula is C15H21NO4. The van der Waals surface area contributed by atoms with E-state index in [-0.39, 0.29) is 6.10 Å². The minimum atomic E-state index is -1.30. The molecule has 0 saturated carbocycles. The van der Waals surface area contributed by atoms with E-state index in [1.54, 1.807) is 18.2 Å². The summed E-state index contributed by atoms with van der Waals surface area (Å²) < 4.78 is 10.5. The van der Waals surface area contributed by atoms with Gasteiger partial charge in [-0.15, -0.1) is 0 Å². The number of piperidine rings is 1. The quantitative estimate of drug-likeness (QED) is 0.843. The van der Waals surface area contributed by atoms with Gasteiger partial charge < -0.3 is 19.5 Å². The maximum absolute atomic E-state index is 11.5. The van der Waals surface area contributed by atoms with E-state index in [2.05, 4.69) is 16.7 Å². The fraction of sp³-hybridized carbons (Fsp3) is 0.533. The first-order chi connectivity index (χ1) is 9.61. The third-order valence-electron chi connectivity index (χ3n) is 3.60. The van der Waals surface area contributed by atoms with E-state index in [0.717, 1.165) is 25.9 Å². The Bertz CT molecular complexity index is 455. The van der Waals surface area contributed by atoms with Crippen LogP contribution in [0.15, 0.2) is 24.3 Å². The van der Waals surface area contributed by atoms with Gasteiger partial charge >= 0.3 is 5.97 Å². The molecule has 20 heavy (non-hydrogen) atoms. The van der Waals surface area contributed by atoms with Gasteiger partial charge in [0.25, 0.3) is 0 Å². The Morgan fingerprint density at radius 1 is 1.35 bits per heavy atom. The monoisotopic (exact) mass is 279 g/mol. The van der Waals surface area contributed by atoms with E-state index in [0.29, 0.717) is 11.3 Å². The number of aliphatic hydroxyl groups excluding tert-OH is 1. The summed E-state index contributed by atoms with van der Waals surface area (Å²) in [4.78, 5) is 13.7. The maximum Gasteiger partial charge on any atom is 0.339 e. The predicted octanol–water partition coefficient (Wildman–Crippen LogP) is 1.37. The predicted molar refractivity (Wildman–Crippen MR) is 74.6 cm³/mol. The normalized spacial score (nSPS) is 18.6. The number of hydrogen-bond acceptors (Lipinski definition) is 5. The Morgan fingerprint density at radius 2 is 2.00 bits per heavy atom. The summed E-state index contributed by atoms with van der Waals surface area (Å²) in [5, 5.41) is 9.98. The topological polar surface area (TPSA) is 59.0 Å². The molecule has 1 N–H and O–H groups in total. The van der Waals surface area contributed by atoms with Gasteiger partial charge in [-0.3, -0.25) is 0 Å². The SMILES string of the molecule is COC(=O)C(O)c1ccccc1OC1CCN(C)CC1. The second kappa shape index (κ2) is 6.72. The number of ether oxygens (including phenoxy) is 2. The molecule has 1 aromatic rings. The lowest BCUT2D eigenvalue weighted by Gasteiger charge is -2.30. The number of carbonyl (C=O) groups is 1. The van der Waals surface area contributed by atoms with Gasteiger partial charge in [-0.2, -0.15) is 0 Å². The van der Waals surface area contributed by atoms with Crippen LogP contribution in [-0.2, 0) is 9.53 Å². The molecule has 2 rings (SSSR count). The van der Waals surface area contributed by atoms with Crippen molar-refractivity contribution in [3.8, 4) is 5.75 Å². The highest BCUT2D eigenvalue weighted by Crippen LogP contribution is 2.28. The Labute approximate surface area is 119 Å². The van der Waals surface area contributed by atoms with Crippen LogP contribution in [0.3, 0.4) is 0 Å². The van der Waals surface area contributed by atoms with Crippen molar-refractivity contribution in [1.29, 1.82) is 0 Å². The number of methoxy groups -OCH3 is 1. The summed E-state index contributed by atoms with van der Waals surface area (Å²) in [7, 11) is 3.34. The zero-order valence-corrected chi connectivity index (χ0v) is 11.9. The fourth-order valence-corrected chi connectivity index (χ4v) is 2.33. The molecule has 0 aromatic heterocycles. The molecule has 1 aliphatic heterocycles. The standard InChI is InChI=1S/C15H21NO4/c1-16-9-7-11(8-10-16)20-13-6-4-3-5-12(13)14(17)15(18)19-2/h3-6,11,14,17H,7-10H2,1-2H3. The van der Waals surface area contributed by atoms with Gasteiger partial charge in [0.05, 0.1) is 7.11 Å². The zero-order valence-electron chi connectivity index (χ0n) is 11.9. The molecule has 1 atom stereocenters. The van der Waals surface area contributed by atoms with Gasteiger partial charge in [0, 0.05) is 18.7 Å². The smallest absolute Gasteiger partial charge is 0.339 e. The van der Waals surface area contributed by atoms with Crippen LogP contribution in [0.25, 0.3) is 0 Å². The van der Waals surface area contributed by atoms with Crippen LogP contribution in [0.1, 0.15) is 24.5 Å². The van der Waals surface area contributed by atoms with E-state index in [1.165, 1.54) is 7.11 Å². The summed E-state index contributed by atoms with van der Waals surface area (Å²) in [5.74, 6) is -0.121. The number of para-hydroxylation sites is 1. The Hall–Kier alpha value is -1.59. The fourth-order valence-electron chi connectivity index (χ4n) is 2.33. The molecule has 0 spiro atoms. The first-order valence-electron chi connectivity index (χ1n) is 6.82. The Balaban J connectivity index is 2.10. The second-order valence-corrected chi connectivity index (χ2v) is 5.08. The van der Waals surface area contributed by atoms with Crippen LogP contribution in [0.4, 0.5) is 0 Å². The lowest BCUT2D eigenvalue weighted by molar-refractivity contribution is -0.150. The molecule has 1 fully saturated rings. The van der Waals surface area contributed by atoms with Crippen molar-refractivity contribution in [1.82, 2.24) is 4.90 Å². The van der Waals surface area contributed by atoms with Gasteiger partial charge in [-0.25, -0.2) is 4.79 Å². The van der Waals surface area contributed by atoms with E-state index < -0.39 is 12.1 Å². The first kappa shape index (κ1) is 14.8. The largest absolute Gasteiger partial charge is 0.490 e. The second-order valence-electron chi connectivity index (χ2n) is 5.08. The summed E-state index contributed by atoms with van der Waals surface area (Å²) in [6.45, 7) is 1.98. The summed E-state index contributed by atoms with van der Waals surface area (Å²) >= 11 is 0. The number of likely N-dealkylation sites (tertiary alicyclic amines) is 1. The molecule has 1 heterocycles. The van der Waals surface area contributed by atoms with E-state index in [4.69, 9.17) is 4.74 Å². The molecule has 0 bridgehead atoms. The molecule has 1 saturated heterocycles. The molecule has 5 heteroatoms. The highest BCUT2D eigenvalue weighted by molar-refractivity contribution is 5.77. The minimum absolute atomic E-state index is 0.122. The van der Waals surface area contributed by atoms with Crippen molar-refractivity contribution in [2.45, 2.75) is 25.0 Å². The third-order valence-corrected chi connectivity index (χ3v) is 3.60. The molecule has 5 nitrogen and oxygen atoms in total. The molecule has 0 aliphatic carbocycles. The van der Waals surface area contributed by atoms with Crippen LogP contribution in [0, 0.1) is 0 Å². The number of benzene rings is 1. The number of rotatable bonds is 4. The molecule has 110 valence electrons. The molecule has 0 radical (unpaired) electrons. The highest BCUT2D eigenvalue weighted by atomic mass is 16.5. The zero-order chi connectivity index (χ0) is 14.5. The van der Waals surface area contributed by atoms with Gasteiger partial charge in [0.15, 0.2) is 6.10 Å². The molecule has 1 aromatic carbocycles. The van der Waals surface area contributed by atoms with Crippen molar-refractivity contribution in [3.63, 3.8) is 0 Å². The van der Waals surface area contributed by atoms with Crippen molar-refractivity contribution in [2.24, 2.45) is 0 Å². The van der Waals surface area contributed by atoms with Crippen LogP contribution < -0.4 is 4.74 Å². The van der Waals surface area contributed by atoms with Crippen molar-refractivity contribution in [3.05, 3.63) is 29.8 Å². The third kappa shape index (κ3) is 3.49. The van der Waals surface area contributed by atoms with Crippen molar-refractivity contribution in [2.75, 3.05) is 27.2 Å². The van der Waals surface area contributed by atoms with Gasteiger partial charge in [-0.1, -0.05) is 18.2 Å². The van der Waals surface area contributed by atoms with Crippen LogP contribution in [-0.4, -0.2) is 49.3 Å². The minimum Gasteiger partial charge on any atom is -0.490 e. The van der Waals surface area contributed by atoms with Gasteiger partial charge in [0.1, 0.15) is 11.9 Å². The number of carbonyl (C=O) groups excluding carboxylic acids is 1. The number of esters is 1. The van der Waals surface area contributed by atoms with Crippen molar-refractivity contribution >= 4 is 5.97 Å². The lowest BCUT2D eigenvalue weighted by Crippen LogP contribution is -2.35. The lowest BCUT2D eigenvalue weighted by atomic mass is 10.1. The number of aliphatic hydroxyl groups is 1. The van der Waals surface area contributed by atoms with Crippen LogP contribution in [0.5, 0.6) is 5.75 Å². The summed E-state index contributed by atoms with van der Waals surface area (Å²) in [5.41, 5.74) is 0.457. The van der Waals surface area contributed by atoms with E-state index >= 15 is 0 Å². The van der Waals surface area contributed by atoms with Crippen molar-refractivity contribution < 1.29 is 19.4 Å². The average molecular weight is 279 g/mol. The maximum atomic E-state index is 11.5. The molecule has 1 aliphatic rings. The summed E-state index contributed by atoms with van der Waals surface area (Å²) in [6.07, 6.45) is 0.706. The van der Waals surface area contributed by atoms with E-state index in [1.807, 2.05) is 6.07 Å². The number of nitrogens with zero attached hydrogens (tertiary/aromatic N) is 1. The first-order valence-corrected chi connectivity index (χ1v) is 6.82. The van der Waals surface area contributed by atoms with Crippen LogP contribution >= 0.6 is 0 Å². The Kier molecular flexibility index (Phi) is 4.98. The van der Waals surface area contributed by atoms with Gasteiger partial charge in [-0.05, 0) is 26.0 Å². The van der Waals surface area contributed by atoms with E-state index in [9.17, 15) is 9.90 Å². The highest BCUT2D eigenvalue weighted by Gasteiger charge is 2.24. The molecular weight excluding hydrogens is 258 g/mol.